The van der Waals surface area contributed by atoms with Crippen molar-refractivity contribution in [3.8, 4) is 0 Å². The van der Waals surface area contributed by atoms with Gasteiger partial charge in [-0.1, -0.05) is 44.6 Å². The molecule has 0 spiro atoms. The van der Waals surface area contributed by atoms with Gasteiger partial charge >= 0.3 is 0 Å². The average Bonchev–Trinajstić information content (AvgIpc) is 2.06. The highest BCUT2D eigenvalue weighted by Gasteiger charge is 1.90. The zero-order chi connectivity index (χ0) is 8.69. The van der Waals surface area contributed by atoms with Crippen LogP contribution in [0.3, 0.4) is 0 Å². The van der Waals surface area contributed by atoms with E-state index >= 15 is 0 Å². The van der Waals surface area contributed by atoms with Crippen LogP contribution in [0.4, 0.5) is 0 Å². The molecule has 0 aromatic rings. The lowest BCUT2D eigenvalue weighted by atomic mass is 10.1. The van der Waals surface area contributed by atoms with E-state index in [2.05, 4.69) is 33.4 Å². The summed E-state index contributed by atoms with van der Waals surface area (Å²) in [6, 6.07) is 0. The van der Waals surface area contributed by atoms with E-state index in [1.165, 1.54) is 18.4 Å². The minimum Gasteiger partial charge on any atom is -0.0996 e. The maximum Gasteiger partial charge on any atom is -0.0139 e. The van der Waals surface area contributed by atoms with Crippen LogP contribution in [0, 0.1) is 0 Å². The summed E-state index contributed by atoms with van der Waals surface area (Å²) in [5.74, 6) is 0. The largest absolute Gasteiger partial charge is 0.0996 e. The van der Waals surface area contributed by atoms with E-state index in [1.54, 1.807) is 5.57 Å². The monoisotopic (exact) mass is 152 g/mol. The molecule has 0 unspecified atom stereocenters. The molecular weight excluding hydrogens is 132 g/mol. The minimum absolute atomic E-state index is 1.08. The molecular formula is C11H20. The van der Waals surface area contributed by atoms with Gasteiger partial charge in [-0.05, 0) is 25.7 Å². The molecule has 0 heterocycles. The standard InChI is InChI=1S/C11H20/c1-5-10(4)8-9-11(6-2)7-3/h9H,4-8H2,1-3H3. The number of hydrogen-bond donors (Lipinski definition) is 0. The van der Waals surface area contributed by atoms with Crippen molar-refractivity contribution in [2.75, 3.05) is 0 Å². The third-order valence-corrected chi connectivity index (χ3v) is 2.09. The van der Waals surface area contributed by atoms with Crippen molar-refractivity contribution in [3.63, 3.8) is 0 Å². The van der Waals surface area contributed by atoms with E-state index in [9.17, 15) is 0 Å². The predicted octanol–water partition coefficient (Wildman–Crippen LogP) is 4.09. The van der Waals surface area contributed by atoms with Gasteiger partial charge in [0.2, 0.25) is 0 Å². The van der Waals surface area contributed by atoms with Crippen molar-refractivity contribution in [1.29, 1.82) is 0 Å². The van der Waals surface area contributed by atoms with E-state index in [-0.39, 0.29) is 0 Å². The van der Waals surface area contributed by atoms with Gasteiger partial charge in [0.1, 0.15) is 0 Å². The summed E-state index contributed by atoms with van der Waals surface area (Å²) >= 11 is 0. The van der Waals surface area contributed by atoms with Crippen molar-refractivity contribution in [1.82, 2.24) is 0 Å². The highest BCUT2D eigenvalue weighted by atomic mass is 14.0. The number of rotatable bonds is 5. The van der Waals surface area contributed by atoms with Crippen LogP contribution in [0.25, 0.3) is 0 Å². The lowest BCUT2D eigenvalue weighted by Gasteiger charge is -2.00. The molecule has 0 fully saturated rings. The maximum absolute atomic E-state index is 3.97. The highest BCUT2D eigenvalue weighted by Crippen LogP contribution is 2.11. The molecule has 0 aliphatic heterocycles. The highest BCUT2D eigenvalue weighted by molar-refractivity contribution is 5.08. The van der Waals surface area contributed by atoms with Crippen molar-refractivity contribution < 1.29 is 0 Å². The van der Waals surface area contributed by atoms with E-state index < -0.39 is 0 Å². The Morgan fingerprint density at radius 2 is 1.64 bits per heavy atom. The first kappa shape index (κ1) is 10.5. The van der Waals surface area contributed by atoms with Gasteiger partial charge in [0, 0.05) is 0 Å². The van der Waals surface area contributed by atoms with E-state index in [1.807, 2.05) is 0 Å². The van der Waals surface area contributed by atoms with E-state index in [0.29, 0.717) is 0 Å². The topological polar surface area (TPSA) is 0 Å². The molecule has 0 aromatic carbocycles. The first-order valence-electron chi connectivity index (χ1n) is 4.59. The Bertz CT molecular complexity index is 134. The molecule has 0 N–H and O–H groups in total. The third kappa shape index (κ3) is 4.83. The molecule has 0 nitrogen and oxygen atoms in total. The number of hydrogen-bond acceptors (Lipinski definition) is 0. The summed E-state index contributed by atoms with van der Waals surface area (Å²) in [5.41, 5.74) is 2.89. The fourth-order valence-electron chi connectivity index (χ4n) is 0.972. The summed E-state index contributed by atoms with van der Waals surface area (Å²) in [5, 5.41) is 0. The fraction of sp³-hybridized carbons (Fsp3) is 0.636. The lowest BCUT2D eigenvalue weighted by Crippen LogP contribution is -1.80. The van der Waals surface area contributed by atoms with Gasteiger partial charge in [-0.3, -0.25) is 0 Å². The van der Waals surface area contributed by atoms with Crippen LogP contribution in [-0.2, 0) is 0 Å². The van der Waals surface area contributed by atoms with Crippen molar-refractivity contribution >= 4 is 0 Å². The van der Waals surface area contributed by atoms with E-state index in [4.69, 9.17) is 0 Å². The Hall–Kier alpha value is -0.520. The van der Waals surface area contributed by atoms with Crippen molar-refractivity contribution in [3.05, 3.63) is 23.8 Å². The summed E-state index contributed by atoms with van der Waals surface area (Å²) in [7, 11) is 0. The molecule has 64 valence electrons. The first-order chi connectivity index (χ1) is 5.24. The Morgan fingerprint density at radius 3 is 2.00 bits per heavy atom. The van der Waals surface area contributed by atoms with Gasteiger partial charge in [0.15, 0.2) is 0 Å². The van der Waals surface area contributed by atoms with Crippen LogP contribution in [0.15, 0.2) is 23.8 Å². The average molecular weight is 152 g/mol. The molecule has 0 aromatic heterocycles. The summed E-state index contributed by atoms with van der Waals surface area (Å²) in [4.78, 5) is 0. The van der Waals surface area contributed by atoms with Crippen LogP contribution >= 0.6 is 0 Å². The minimum atomic E-state index is 1.08. The first-order valence-corrected chi connectivity index (χ1v) is 4.59. The Morgan fingerprint density at radius 1 is 1.09 bits per heavy atom. The second-order valence-corrected chi connectivity index (χ2v) is 2.88. The molecule has 0 saturated carbocycles. The van der Waals surface area contributed by atoms with Gasteiger partial charge in [0.25, 0.3) is 0 Å². The third-order valence-electron chi connectivity index (χ3n) is 2.09. The summed E-state index contributed by atoms with van der Waals surface area (Å²) in [6.07, 6.45) is 6.89. The molecule has 0 rings (SSSR count). The van der Waals surface area contributed by atoms with Crippen LogP contribution < -0.4 is 0 Å². The van der Waals surface area contributed by atoms with Crippen molar-refractivity contribution in [2.24, 2.45) is 0 Å². The summed E-state index contributed by atoms with van der Waals surface area (Å²) in [6.45, 7) is 10.6. The maximum atomic E-state index is 3.97. The van der Waals surface area contributed by atoms with Gasteiger partial charge in [-0.25, -0.2) is 0 Å². The quantitative estimate of drug-likeness (QED) is 0.520. The fourth-order valence-corrected chi connectivity index (χ4v) is 0.972. The smallest absolute Gasteiger partial charge is 0.0139 e. The second kappa shape index (κ2) is 6.21. The SMILES string of the molecule is C=C(CC)CC=C(CC)CC. The van der Waals surface area contributed by atoms with Gasteiger partial charge in [-0.2, -0.15) is 0 Å². The molecule has 0 saturated heterocycles. The molecule has 0 amide bonds. The zero-order valence-corrected chi connectivity index (χ0v) is 8.11. The van der Waals surface area contributed by atoms with E-state index in [0.717, 1.165) is 12.8 Å². The van der Waals surface area contributed by atoms with Gasteiger partial charge in [-0.15, -0.1) is 0 Å². The van der Waals surface area contributed by atoms with Gasteiger partial charge < -0.3 is 0 Å². The summed E-state index contributed by atoms with van der Waals surface area (Å²) < 4.78 is 0. The molecule has 0 heteroatoms. The van der Waals surface area contributed by atoms with Crippen LogP contribution in [-0.4, -0.2) is 0 Å². The lowest BCUT2D eigenvalue weighted by molar-refractivity contribution is 0.945. The molecule has 0 aliphatic carbocycles. The normalized spacial score (nSPS) is 9.36. The van der Waals surface area contributed by atoms with Gasteiger partial charge in [0.05, 0.1) is 0 Å². The number of allylic oxidation sites excluding steroid dienone is 3. The second-order valence-electron chi connectivity index (χ2n) is 2.88. The molecule has 0 atom stereocenters. The Kier molecular flexibility index (Phi) is 5.91. The Labute approximate surface area is 71.0 Å². The molecule has 0 radical (unpaired) electrons. The molecule has 11 heavy (non-hydrogen) atoms. The molecule has 0 bridgehead atoms. The zero-order valence-electron chi connectivity index (χ0n) is 8.11. The molecule has 0 aliphatic rings. The Balaban J connectivity index is 3.78. The van der Waals surface area contributed by atoms with Crippen LogP contribution in [0.2, 0.25) is 0 Å². The predicted molar refractivity (Wildman–Crippen MR) is 52.7 cm³/mol. The van der Waals surface area contributed by atoms with Crippen LogP contribution in [0.5, 0.6) is 0 Å². The van der Waals surface area contributed by atoms with Crippen molar-refractivity contribution in [2.45, 2.75) is 46.5 Å². The van der Waals surface area contributed by atoms with Crippen LogP contribution in [0.1, 0.15) is 46.5 Å².